The van der Waals surface area contributed by atoms with Gasteiger partial charge in [0.25, 0.3) is 0 Å². The van der Waals surface area contributed by atoms with Gasteiger partial charge in [0.15, 0.2) is 0 Å². The van der Waals surface area contributed by atoms with Crippen LogP contribution in [0, 0.1) is 0 Å². The van der Waals surface area contributed by atoms with E-state index in [1.165, 1.54) is 6.26 Å². The van der Waals surface area contributed by atoms with Crippen molar-refractivity contribution in [3.8, 4) is 0 Å². The Morgan fingerprint density at radius 2 is 2.25 bits per heavy atom. The molecule has 0 radical (unpaired) electrons. The second kappa shape index (κ2) is 3.60. The summed E-state index contributed by atoms with van der Waals surface area (Å²) in [6.07, 6.45) is 1.81. The molecule has 0 spiro atoms. The smallest absolute Gasteiger partial charge is 0.231 e. The molecule has 48 valence electrons. The first-order valence-electron chi connectivity index (χ1n) is 2.29. The van der Waals surface area contributed by atoms with Gasteiger partial charge in [-0.05, 0) is 0 Å². The predicted octanol–water partition coefficient (Wildman–Crippen LogP) is -0.194. The van der Waals surface area contributed by atoms with Gasteiger partial charge >= 0.3 is 0 Å². The van der Waals surface area contributed by atoms with E-state index in [-0.39, 0.29) is 5.91 Å². The third kappa shape index (κ3) is 3.80. The Kier molecular flexibility index (Phi) is 3.43. The fraction of sp³-hybridized carbons (Fsp3) is 0.750. The van der Waals surface area contributed by atoms with Crippen molar-refractivity contribution in [2.24, 2.45) is 0 Å². The molecule has 0 heterocycles. The van der Waals surface area contributed by atoms with Crippen LogP contribution in [-0.4, -0.2) is 16.4 Å². The second-order valence-corrected chi connectivity index (χ2v) is 2.45. The third-order valence-corrected chi connectivity index (χ3v) is 1.09. The molecule has 1 N–H and O–H groups in total. The van der Waals surface area contributed by atoms with Crippen molar-refractivity contribution in [2.75, 3.05) is 6.26 Å². The maximum absolute atomic E-state index is 10.3. The summed E-state index contributed by atoms with van der Waals surface area (Å²) in [5, 5.41) is 0. The maximum atomic E-state index is 10.3. The van der Waals surface area contributed by atoms with E-state index in [2.05, 4.69) is 4.72 Å². The van der Waals surface area contributed by atoms with Gasteiger partial charge < -0.3 is 0 Å². The topological polar surface area (TPSA) is 46.2 Å². The molecule has 0 aromatic rings. The van der Waals surface area contributed by atoms with Crippen molar-refractivity contribution < 1.29 is 9.00 Å². The molecular weight excluding hydrogens is 126 g/mol. The minimum absolute atomic E-state index is 0.175. The normalized spacial score (nSPS) is 12.8. The Morgan fingerprint density at radius 3 is 2.38 bits per heavy atom. The molecule has 0 aromatic heterocycles. The molecule has 0 rings (SSSR count). The van der Waals surface area contributed by atoms with Crippen LogP contribution in [0.15, 0.2) is 0 Å². The monoisotopic (exact) mass is 135 g/mol. The number of carbonyl (C=O) groups is 1. The first-order chi connectivity index (χ1) is 3.66. The van der Waals surface area contributed by atoms with Crippen LogP contribution in [0.2, 0.25) is 0 Å². The summed E-state index contributed by atoms with van der Waals surface area (Å²) >= 11 is 0. The van der Waals surface area contributed by atoms with E-state index in [9.17, 15) is 9.00 Å². The Bertz CT molecular complexity index is 113. The minimum atomic E-state index is -1.20. The molecule has 0 aromatic carbocycles. The van der Waals surface area contributed by atoms with E-state index in [4.69, 9.17) is 0 Å². The van der Waals surface area contributed by atoms with Crippen LogP contribution in [0.1, 0.15) is 13.3 Å². The Hall–Kier alpha value is -0.380. The summed E-state index contributed by atoms with van der Waals surface area (Å²) in [4.78, 5) is 10.3. The number of nitrogens with one attached hydrogen (secondary N) is 1. The van der Waals surface area contributed by atoms with Gasteiger partial charge in [-0.25, -0.2) is 4.21 Å². The molecule has 1 amide bonds. The first-order valence-corrected chi connectivity index (χ1v) is 3.85. The number of rotatable bonds is 2. The summed E-state index contributed by atoms with van der Waals surface area (Å²) in [5.74, 6) is -0.175. The van der Waals surface area contributed by atoms with Gasteiger partial charge in [0.1, 0.15) is 11.0 Å². The van der Waals surface area contributed by atoms with Crippen molar-refractivity contribution in [3.05, 3.63) is 0 Å². The Morgan fingerprint density at radius 1 is 1.75 bits per heavy atom. The fourth-order valence-electron chi connectivity index (χ4n) is 0.232. The van der Waals surface area contributed by atoms with Crippen molar-refractivity contribution >= 4 is 16.9 Å². The molecule has 0 aliphatic heterocycles. The molecule has 0 fully saturated rings. The fourth-order valence-corrected chi connectivity index (χ4v) is 0.697. The summed E-state index contributed by atoms with van der Waals surface area (Å²) in [5.41, 5.74) is 0. The van der Waals surface area contributed by atoms with E-state index in [1.54, 1.807) is 6.92 Å². The second-order valence-electron chi connectivity index (χ2n) is 1.33. The average Bonchev–Trinajstić information content (AvgIpc) is 1.65. The van der Waals surface area contributed by atoms with Crippen LogP contribution in [0.4, 0.5) is 0 Å². The quantitative estimate of drug-likeness (QED) is 0.570. The number of hydrogen-bond donors (Lipinski definition) is 1. The summed E-state index contributed by atoms with van der Waals surface area (Å²) in [6, 6.07) is 0. The standard InChI is InChI=1S/C4H9NO2S/c1-3-4(6)5-8(2)7/h3H2,1-2H3,(H,5,6). The van der Waals surface area contributed by atoms with Crippen LogP contribution >= 0.6 is 0 Å². The molecule has 0 saturated heterocycles. The Balaban J connectivity index is 3.40. The molecule has 1 atom stereocenters. The van der Waals surface area contributed by atoms with Crippen LogP contribution in [-0.2, 0) is 15.8 Å². The highest BCUT2D eigenvalue weighted by atomic mass is 32.2. The van der Waals surface area contributed by atoms with Crippen LogP contribution in [0.3, 0.4) is 0 Å². The lowest BCUT2D eigenvalue weighted by atomic mass is 10.5. The highest BCUT2D eigenvalue weighted by Gasteiger charge is 1.94. The van der Waals surface area contributed by atoms with Gasteiger partial charge in [0.05, 0.1) is 0 Å². The predicted molar refractivity (Wildman–Crippen MR) is 32.5 cm³/mol. The summed E-state index contributed by atoms with van der Waals surface area (Å²) in [6.45, 7) is 1.71. The molecule has 0 bridgehead atoms. The third-order valence-electron chi connectivity index (χ3n) is 0.579. The van der Waals surface area contributed by atoms with Crippen LogP contribution < -0.4 is 4.72 Å². The van der Waals surface area contributed by atoms with Gasteiger partial charge in [0, 0.05) is 12.7 Å². The molecule has 0 saturated carbocycles. The molecule has 3 nitrogen and oxygen atoms in total. The zero-order valence-electron chi connectivity index (χ0n) is 4.93. The van der Waals surface area contributed by atoms with Crippen molar-refractivity contribution in [2.45, 2.75) is 13.3 Å². The molecule has 8 heavy (non-hydrogen) atoms. The maximum Gasteiger partial charge on any atom is 0.231 e. The average molecular weight is 135 g/mol. The number of amides is 1. The van der Waals surface area contributed by atoms with Crippen LogP contribution in [0.5, 0.6) is 0 Å². The van der Waals surface area contributed by atoms with E-state index < -0.39 is 11.0 Å². The van der Waals surface area contributed by atoms with Gasteiger partial charge in [-0.2, -0.15) is 0 Å². The number of hydrogen-bond acceptors (Lipinski definition) is 2. The molecular formula is C4H9NO2S. The molecule has 0 aliphatic rings. The number of carbonyl (C=O) groups excluding carboxylic acids is 1. The zero-order valence-corrected chi connectivity index (χ0v) is 5.75. The Labute approximate surface area is 51.1 Å². The van der Waals surface area contributed by atoms with Gasteiger partial charge in [-0.15, -0.1) is 0 Å². The molecule has 4 heteroatoms. The van der Waals surface area contributed by atoms with Gasteiger partial charge in [0.2, 0.25) is 5.91 Å². The van der Waals surface area contributed by atoms with E-state index >= 15 is 0 Å². The highest BCUT2D eigenvalue weighted by molar-refractivity contribution is 7.82. The van der Waals surface area contributed by atoms with Crippen molar-refractivity contribution in [1.29, 1.82) is 0 Å². The lowest BCUT2D eigenvalue weighted by molar-refractivity contribution is -0.118. The largest absolute Gasteiger partial charge is 0.275 e. The van der Waals surface area contributed by atoms with Gasteiger partial charge in [-0.1, -0.05) is 6.92 Å². The zero-order chi connectivity index (χ0) is 6.57. The lowest BCUT2D eigenvalue weighted by Crippen LogP contribution is -2.23. The van der Waals surface area contributed by atoms with E-state index in [0.717, 1.165) is 0 Å². The van der Waals surface area contributed by atoms with Gasteiger partial charge in [-0.3, -0.25) is 9.52 Å². The van der Waals surface area contributed by atoms with Crippen molar-refractivity contribution in [1.82, 2.24) is 4.72 Å². The minimum Gasteiger partial charge on any atom is -0.275 e. The highest BCUT2D eigenvalue weighted by Crippen LogP contribution is 1.74. The molecule has 0 aliphatic carbocycles. The summed E-state index contributed by atoms with van der Waals surface area (Å²) < 4.78 is 12.4. The first kappa shape index (κ1) is 7.62. The SMILES string of the molecule is CCC(=O)NS(C)=O. The van der Waals surface area contributed by atoms with Crippen LogP contribution in [0.25, 0.3) is 0 Å². The van der Waals surface area contributed by atoms with Crippen molar-refractivity contribution in [3.63, 3.8) is 0 Å². The van der Waals surface area contributed by atoms with E-state index in [1.807, 2.05) is 0 Å². The lowest BCUT2D eigenvalue weighted by Gasteiger charge is -1.93. The molecule has 1 unspecified atom stereocenters. The van der Waals surface area contributed by atoms with E-state index in [0.29, 0.717) is 6.42 Å². The summed E-state index contributed by atoms with van der Waals surface area (Å²) in [7, 11) is -1.20.